The van der Waals surface area contributed by atoms with Crippen LogP contribution in [-0.2, 0) is 16.0 Å². The highest BCUT2D eigenvalue weighted by Gasteiger charge is 2.40. The van der Waals surface area contributed by atoms with Crippen molar-refractivity contribution in [3.8, 4) is 5.75 Å². The van der Waals surface area contributed by atoms with Gasteiger partial charge in [-0.15, -0.1) is 0 Å². The van der Waals surface area contributed by atoms with Gasteiger partial charge in [0.25, 0.3) is 5.24 Å². The van der Waals surface area contributed by atoms with Gasteiger partial charge in [-0.05, 0) is 28.5 Å². The topological polar surface area (TPSA) is 83.9 Å². The number of ether oxygens (including phenoxy) is 1. The summed E-state index contributed by atoms with van der Waals surface area (Å²) in [5.41, 5.74) is 0.728. The van der Waals surface area contributed by atoms with Crippen LogP contribution in [0, 0.1) is 0 Å². The highest BCUT2D eigenvalue weighted by Crippen LogP contribution is 2.26. The van der Waals surface area contributed by atoms with Crippen LogP contribution in [0.4, 0.5) is 4.79 Å². The fourth-order valence-corrected chi connectivity index (χ4v) is 3.61. The number of rotatable bonds is 4. The summed E-state index contributed by atoms with van der Waals surface area (Å²) >= 11 is 0.859. The fraction of sp³-hybridized carbons (Fsp3) is 0.235. The Labute approximate surface area is 142 Å². The molecule has 1 aliphatic rings. The van der Waals surface area contributed by atoms with E-state index in [0.717, 1.165) is 38.7 Å². The number of fused-ring (bicyclic) bond motifs is 1. The van der Waals surface area contributed by atoms with Crippen LogP contribution in [0.1, 0.15) is 5.56 Å². The number of hydrogen-bond acceptors (Lipinski definition) is 5. The standard InChI is InChI=1S/C17H15NO5S/c1-23-13-5-4-11-6-10(2-3-12(11)8-13)7-15(19)18-14(16(20)21)9-24-17(18)22/h2-6,8,14H,7,9H2,1H3,(H,20,21). The van der Waals surface area contributed by atoms with Crippen molar-refractivity contribution in [3.63, 3.8) is 0 Å². The Hall–Kier alpha value is -2.54. The first-order valence-corrected chi connectivity index (χ1v) is 8.26. The van der Waals surface area contributed by atoms with Crippen molar-refractivity contribution in [2.45, 2.75) is 12.5 Å². The third kappa shape index (κ3) is 3.07. The van der Waals surface area contributed by atoms with Crippen molar-refractivity contribution >= 4 is 39.7 Å². The molecule has 0 aromatic heterocycles. The molecule has 1 N–H and O–H groups in total. The van der Waals surface area contributed by atoms with E-state index in [-0.39, 0.29) is 12.2 Å². The van der Waals surface area contributed by atoms with E-state index < -0.39 is 23.2 Å². The quantitative estimate of drug-likeness (QED) is 0.917. The van der Waals surface area contributed by atoms with Gasteiger partial charge < -0.3 is 9.84 Å². The molecule has 1 fully saturated rings. The number of imide groups is 1. The second-order valence-electron chi connectivity index (χ2n) is 5.42. The number of thioether (sulfide) groups is 1. The largest absolute Gasteiger partial charge is 0.497 e. The van der Waals surface area contributed by atoms with Crippen molar-refractivity contribution in [2.75, 3.05) is 12.9 Å². The first-order chi connectivity index (χ1) is 11.5. The van der Waals surface area contributed by atoms with Crippen LogP contribution >= 0.6 is 11.8 Å². The number of methoxy groups -OCH3 is 1. The smallest absolute Gasteiger partial charge is 0.327 e. The van der Waals surface area contributed by atoms with Crippen molar-refractivity contribution in [1.82, 2.24) is 4.90 Å². The third-order valence-electron chi connectivity index (χ3n) is 3.89. The SMILES string of the molecule is COc1ccc2cc(CC(=O)N3C(=O)SCC3C(=O)O)ccc2c1. The van der Waals surface area contributed by atoms with Crippen molar-refractivity contribution < 1.29 is 24.2 Å². The summed E-state index contributed by atoms with van der Waals surface area (Å²) in [5, 5.41) is 10.6. The maximum Gasteiger partial charge on any atom is 0.327 e. The monoisotopic (exact) mass is 345 g/mol. The molecule has 3 rings (SSSR count). The first kappa shape index (κ1) is 16.3. The average Bonchev–Trinajstić information content (AvgIpc) is 2.96. The van der Waals surface area contributed by atoms with Gasteiger partial charge in [0.05, 0.1) is 13.5 Å². The minimum Gasteiger partial charge on any atom is -0.497 e. The van der Waals surface area contributed by atoms with Crippen LogP contribution in [-0.4, -0.2) is 46.0 Å². The molecule has 0 saturated carbocycles. The molecule has 1 saturated heterocycles. The number of carbonyl (C=O) groups excluding carboxylic acids is 2. The number of carboxylic acid groups (broad SMARTS) is 1. The van der Waals surface area contributed by atoms with E-state index in [1.807, 2.05) is 30.3 Å². The number of amides is 2. The van der Waals surface area contributed by atoms with Crippen LogP contribution in [0.25, 0.3) is 10.8 Å². The number of nitrogens with zero attached hydrogens (tertiary/aromatic N) is 1. The molecule has 1 heterocycles. The minimum absolute atomic E-state index is 0.0158. The van der Waals surface area contributed by atoms with E-state index in [4.69, 9.17) is 9.84 Å². The van der Waals surface area contributed by atoms with E-state index in [2.05, 4.69) is 0 Å². The van der Waals surface area contributed by atoms with E-state index in [9.17, 15) is 14.4 Å². The molecule has 1 atom stereocenters. The van der Waals surface area contributed by atoms with Gasteiger partial charge in [0.15, 0.2) is 0 Å². The predicted octanol–water partition coefficient (Wildman–Crippen LogP) is 2.54. The Morgan fingerprint density at radius 2 is 1.96 bits per heavy atom. The predicted molar refractivity (Wildman–Crippen MR) is 90.3 cm³/mol. The lowest BCUT2D eigenvalue weighted by atomic mass is 10.0. The van der Waals surface area contributed by atoms with Gasteiger partial charge >= 0.3 is 5.97 Å². The van der Waals surface area contributed by atoms with Gasteiger partial charge in [0, 0.05) is 5.75 Å². The van der Waals surface area contributed by atoms with E-state index >= 15 is 0 Å². The molecule has 2 amide bonds. The Bertz CT molecular complexity index is 835. The van der Waals surface area contributed by atoms with Gasteiger partial charge in [-0.1, -0.05) is 36.0 Å². The lowest BCUT2D eigenvalue weighted by Crippen LogP contribution is -2.44. The van der Waals surface area contributed by atoms with Crippen LogP contribution in [0.3, 0.4) is 0 Å². The Morgan fingerprint density at radius 3 is 2.67 bits per heavy atom. The number of carboxylic acids is 1. The summed E-state index contributed by atoms with van der Waals surface area (Å²) in [6, 6.07) is 10.0. The molecule has 0 aliphatic carbocycles. The second-order valence-corrected chi connectivity index (χ2v) is 6.39. The van der Waals surface area contributed by atoms with E-state index in [1.165, 1.54) is 0 Å². The molecule has 0 radical (unpaired) electrons. The molecule has 1 unspecified atom stereocenters. The highest BCUT2D eigenvalue weighted by molar-refractivity contribution is 8.14. The molecule has 0 spiro atoms. The molecule has 1 aliphatic heterocycles. The number of carbonyl (C=O) groups is 3. The Balaban J connectivity index is 1.82. The molecular weight excluding hydrogens is 330 g/mol. The Kier molecular flexibility index (Phi) is 4.44. The fourth-order valence-electron chi connectivity index (χ4n) is 2.65. The zero-order chi connectivity index (χ0) is 17.3. The highest BCUT2D eigenvalue weighted by atomic mass is 32.2. The summed E-state index contributed by atoms with van der Waals surface area (Å²) in [5.74, 6) is -0.815. The molecule has 6 nitrogen and oxygen atoms in total. The molecular formula is C17H15NO5S. The number of aliphatic carboxylic acids is 1. The first-order valence-electron chi connectivity index (χ1n) is 7.28. The van der Waals surface area contributed by atoms with Crippen LogP contribution in [0.2, 0.25) is 0 Å². The zero-order valence-corrected chi connectivity index (χ0v) is 13.7. The maximum absolute atomic E-state index is 12.4. The van der Waals surface area contributed by atoms with Crippen molar-refractivity contribution in [1.29, 1.82) is 0 Å². The number of hydrogen-bond donors (Lipinski definition) is 1. The summed E-state index contributed by atoms with van der Waals surface area (Å²) < 4.78 is 5.17. The zero-order valence-electron chi connectivity index (χ0n) is 12.9. The van der Waals surface area contributed by atoms with Crippen LogP contribution < -0.4 is 4.74 Å². The molecule has 24 heavy (non-hydrogen) atoms. The number of benzene rings is 2. The van der Waals surface area contributed by atoms with Gasteiger partial charge in [-0.3, -0.25) is 14.5 Å². The second kappa shape index (κ2) is 6.52. The molecule has 2 aromatic carbocycles. The van der Waals surface area contributed by atoms with Gasteiger partial charge in [-0.25, -0.2) is 4.79 Å². The van der Waals surface area contributed by atoms with Crippen LogP contribution in [0.15, 0.2) is 36.4 Å². The average molecular weight is 345 g/mol. The van der Waals surface area contributed by atoms with Gasteiger partial charge in [0.1, 0.15) is 11.8 Å². The lowest BCUT2D eigenvalue weighted by molar-refractivity contribution is -0.145. The third-order valence-corrected chi connectivity index (χ3v) is 4.82. The normalized spacial score (nSPS) is 17.3. The molecule has 124 valence electrons. The van der Waals surface area contributed by atoms with Gasteiger partial charge in [-0.2, -0.15) is 0 Å². The summed E-state index contributed by atoms with van der Waals surface area (Å²) in [7, 11) is 1.60. The summed E-state index contributed by atoms with van der Waals surface area (Å²) in [4.78, 5) is 36.2. The lowest BCUT2D eigenvalue weighted by Gasteiger charge is -2.18. The molecule has 0 bridgehead atoms. The van der Waals surface area contributed by atoms with Crippen LogP contribution in [0.5, 0.6) is 5.75 Å². The van der Waals surface area contributed by atoms with Crippen molar-refractivity contribution in [2.24, 2.45) is 0 Å². The Morgan fingerprint density at radius 1 is 1.25 bits per heavy atom. The maximum atomic E-state index is 12.4. The van der Waals surface area contributed by atoms with E-state index in [1.54, 1.807) is 13.2 Å². The van der Waals surface area contributed by atoms with Crippen molar-refractivity contribution in [3.05, 3.63) is 42.0 Å². The summed E-state index contributed by atoms with van der Waals surface area (Å²) in [6.45, 7) is 0. The van der Waals surface area contributed by atoms with Gasteiger partial charge in [0.2, 0.25) is 5.91 Å². The minimum atomic E-state index is -1.16. The summed E-state index contributed by atoms with van der Waals surface area (Å²) in [6.07, 6.45) is -0.0158. The molecule has 7 heteroatoms. The molecule has 2 aromatic rings. The van der Waals surface area contributed by atoms with E-state index in [0.29, 0.717) is 0 Å².